The molecule has 2 aromatic heterocycles. The molecule has 0 aromatic carbocycles. The second kappa shape index (κ2) is 6.11. The van der Waals surface area contributed by atoms with E-state index in [2.05, 4.69) is 4.98 Å². The molecule has 2 aromatic rings. The van der Waals surface area contributed by atoms with E-state index in [9.17, 15) is 13.6 Å². The molecule has 7 heteroatoms. The lowest BCUT2D eigenvalue weighted by molar-refractivity contribution is 0.0731. The van der Waals surface area contributed by atoms with E-state index in [-0.39, 0.29) is 16.5 Å². The Morgan fingerprint density at radius 2 is 2.29 bits per heavy atom. The molecular weight excluding hydrogens is 314 g/mol. The normalized spacial score (nSPS) is 14.3. The van der Waals surface area contributed by atoms with E-state index in [1.165, 1.54) is 11.1 Å². The quantitative estimate of drug-likeness (QED) is 0.807. The fourth-order valence-electron chi connectivity index (χ4n) is 2.32. The summed E-state index contributed by atoms with van der Waals surface area (Å²) in [4.78, 5) is 19.5. The second-order valence-corrected chi connectivity index (χ2v) is 6.56. The van der Waals surface area contributed by atoms with Gasteiger partial charge in [0.1, 0.15) is 5.03 Å². The van der Waals surface area contributed by atoms with Gasteiger partial charge in [-0.25, -0.2) is 4.98 Å². The first-order valence-electron chi connectivity index (χ1n) is 6.39. The Balaban J connectivity index is 1.83. The van der Waals surface area contributed by atoms with Gasteiger partial charge in [0.15, 0.2) is 0 Å². The van der Waals surface area contributed by atoms with E-state index < -0.39 is 5.76 Å². The van der Waals surface area contributed by atoms with Crippen LogP contribution in [0.1, 0.15) is 20.8 Å². The van der Waals surface area contributed by atoms with Gasteiger partial charge in [-0.15, -0.1) is 11.3 Å². The average Bonchev–Trinajstić information content (AvgIpc) is 2.94. The third-order valence-electron chi connectivity index (χ3n) is 3.30. The Hall–Kier alpha value is -1.47. The van der Waals surface area contributed by atoms with Gasteiger partial charge in [0.05, 0.1) is 5.56 Å². The van der Waals surface area contributed by atoms with Crippen molar-refractivity contribution in [3.8, 4) is 0 Å². The number of hydrogen-bond donors (Lipinski definition) is 0. The molecule has 0 fully saturated rings. The number of pyridine rings is 1. The average molecular weight is 326 g/mol. The minimum absolute atomic E-state index is 0.0913. The number of amides is 1. The Labute approximate surface area is 129 Å². The summed E-state index contributed by atoms with van der Waals surface area (Å²) in [7, 11) is 0. The summed E-state index contributed by atoms with van der Waals surface area (Å²) in [6.45, 7) is 1.14. The van der Waals surface area contributed by atoms with Crippen LogP contribution in [0.25, 0.3) is 0 Å². The first-order chi connectivity index (χ1) is 10.1. The Bertz CT molecular complexity index is 660. The molecule has 0 aliphatic carbocycles. The fourth-order valence-corrected chi connectivity index (χ4v) is 3.79. The molecule has 0 radical (unpaired) electrons. The Kier molecular flexibility index (Phi) is 4.21. The lowest BCUT2D eigenvalue weighted by atomic mass is 10.1. The van der Waals surface area contributed by atoms with E-state index in [0.717, 1.165) is 12.0 Å². The van der Waals surface area contributed by atoms with Gasteiger partial charge in [-0.2, -0.15) is 8.78 Å². The van der Waals surface area contributed by atoms with Crippen LogP contribution in [-0.2, 0) is 13.0 Å². The SMILES string of the molecule is O=C(c1cccnc1SC(F)F)N1CCc2sccc2C1. The highest BCUT2D eigenvalue weighted by Gasteiger charge is 2.25. The number of rotatable bonds is 3. The molecule has 0 bridgehead atoms. The Morgan fingerprint density at radius 3 is 3.10 bits per heavy atom. The van der Waals surface area contributed by atoms with Crippen molar-refractivity contribution in [2.75, 3.05) is 6.54 Å². The number of thioether (sulfide) groups is 1. The highest BCUT2D eigenvalue weighted by Crippen LogP contribution is 2.29. The maximum absolute atomic E-state index is 12.6. The number of carbonyl (C=O) groups is 1. The van der Waals surface area contributed by atoms with Crippen LogP contribution in [0.2, 0.25) is 0 Å². The standard InChI is InChI=1S/C14H12F2N2OS2/c15-14(16)21-12-10(2-1-5-17-12)13(19)18-6-3-11-9(8-18)4-7-20-11/h1-2,4-5,7,14H,3,6,8H2. The maximum Gasteiger partial charge on any atom is 0.290 e. The Morgan fingerprint density at radius 1 is 1.43 bits per heavy atom. The highest BCUT2D eigenvalue weighted by molar-refractivity contribution is 7.99. The summed E-state index contributed by atoms with van der Waals surface area (Å²) in [6.07, 6.45) is 2.24. The molecular formula is C14H12F2N2OS2. The van der Waals surface area contributed by atoms with Crippen molar-refractivity contribution in [3.05, 3.63) is 45.8 Å². The number of nitrogens with zero attached hydrogens (tertiary/aromatic N) is 2. The summed E-state index contributed by atoms with van der Waals surface area (Å²) in [5.74, 6) is -2.82. The number of fused-ring (bicyclic) bond motifs is 1. The molecule has 21 heavy (non-hydrogen) atoms. The van der Waals surface area contributed by atoms with Gasteiger partial charge in [0, 0.05) is 24.2 Å². The van der Waals surface area contributed by atoms with Crippen molar-refractivity contribution >= 4 is 29.0 Å². The van der Waals surface area contributed by atoms with Crippen LogP contribution in [0.4, 0.5) is 8.78 Å². The third kappa shape index (κ3) is 3.08. The summed E-state index contributed by atoms with van der Waals surface area (Å²) in [5, 5.41) is 2.11. The van der Waals surface area contributed by atoms with E-state index in [0.29, 0.717) is 24.9 Å². The van der Waals surface area contributed by atoms with Gasteiger partial charge in [-0.1, -0.05) is 0 Å². The third-order valence-corrected chi connectivity index (χ3v) is 5.05. The van der Waals surface area contributed by atoms with E-state index in [1.807, 2.05) is 11.4 Å². The number of hydrogen-bond acceptors (Lipinski definition) is 4. The van der Waals surface area contributed by atoms with Crippen LogP contribution in [0.15, 0.2) is 34.8 Å². The number of halogens is 2. The van der Waals surface area contributed by atoms with Crippen molar-refractivity contribution in [3.63, 3.8) is 0 Å². The molecule has 0 saturated heterocycles. The number of alkyl halides is 2. The maximum atomic E-state index is 12.6. The smallest absolute Gasteiger partial charge is 0.290 e. The van der Waals surface area contributed by atoms with Gasteiger partial charge >= 0.3 is 0 Å². The first-order valence-corrected chi connectivity index (χ1v) is 8.15. The van der Waals surface area contributed by atoms with Crippen LogP contribution in [0.5, 0.6) is 0 Å². The van der Waals surface area contributed by atoms with Crippen LogP contribution in [-0.4, -0.2) is 28.1 Å². The molecule has 3 heterocycles. The molecule has 110 valence electrons. The molecule has 0 N–H and O–H groups in total. The van der Waals surface area contributed by atoms with Crippen molar-refractivity contribution in [2.24, 2.45) is 0 Å². The van der Waals surface area contributed by atoms with Crippen molar-refractivity contribution in [1.82, 2.24) is 9.88 Å². The summed E-state index contributed by atoms with van der Waals surface area (Å²) >= 11 is 2.01. The highest BCUT2D eigenvalue weighted by atomic mass is 32.2. The fraction of sp³-hybridized carbons (Fsp3) is 0.286. The lowest BCUT2D eigenvalue weighted by Crippen LogP contribution is -2.35. The summed E-state index contributed by atoms with van der Waals surface area (Å²) < 4.78 is 25.1. The minimum atomic E-state index is -2.59. The van der Waals surface area contributed by atoms with Crippen LogP contribution < -0.4 is 0 Å². The zero-order valence-electron chi connectivity index (χ0n) is 11.0. The predicted molar refractivity (Wildman–Crippen MR) is 78.9 cm³/mol. The molecule has 3 rings (SSSR count). The summed E-state index contributed by atoms with van der Waals surface area (Å²) in [6, 6.07) is 5.17. The zero-order chi connectivity index (χ0) is 14.8. The number of carbonyl (C=O) groups excluding carboxylic acids is 1. The molecule has 1 aliphatic heterocycles. The molecule has 1 aliphatic rings. The van der Waals surface area contributed by atoms with Gasteiger partial charge in [0.25, 0.3) is 11.7 Å². The molecule has 0 atom stereocenters. The molecule has 3 nitrogen and oxygen atoms in total. The molecule has 0 spiro atoms. The summed E-state index contributed by atoms with van der Waals surface area (Å²) in [5.41, 5.74) is 1.40. The van der Waals surface area contributed by atoms with E-state index in [4.69, 9.17) is 0 Å². The first kappa shape index (κ1) is 14.5. The topological polar surface area (TPSA) is 33.2 Å². The predicted octanol–water partition coefficient (Wildman–Crippen LogP) is 3.66. The monoisotopic (exact) mass is 326 g/mol. The van der Waals surface area contributed by atoms with Crippen LogP contribution in [0.3, 0.4) is 0 Å². The lowest BCUT2D eigenvalue weighted by Gasteiger charge is -2.27. The second-order valence-electron chi connectivity index (χ2n) is 4.58. The number of thiophene rings is 1. The largest absolute Gasteiger partial charge is 0.334 e. The van der Waals surface area contributed by atoms with E-state index in [1.54, 1.807) is 28.4 Å². The van der Waals surface area contributed by atoms with Crippen molar-refractivity contribution in [2.45, 2.75) is 23.7 Å². The van der Waals surface area contributed by atoms with Gasteiger partial charge in [0.2, 0.25) is 0 Å². The minimum Gasteiger partial charge on any atom is -0.334 e. The van der Waals surface area contributed by atoms with Gasteiger partial charge < -0.3 is 4.90 Å². The molecule has 1 amide bonds. The van der Waals surface area contributed by atoms with E-state index >= 15 is 0 Å². The molecule has 0 saturated carbocycles. The van der Waals surface area contributed by atoms with Crippen molar-refractivity contribution in [1.29, 1.82) is 0 Å². The molecule has 0 unspecified atom stereocenters. The van der Waals surface area contributed by atoms with Gasteiger partial charge in [-0.05, 0) is 47.3 Å². The van der Waals surface area contributed by atoms with Crippen molar-refractivity contribution < 1.29 is 13.6 Å². The van der Waals surface area contributed by atoms with Gasteiger partial charge in [-0.3, -0.25) is 4.79 Å². The number of aromatic nitrogens is 1. The zero-order valence-corrected chi connectivity index (χ0v) is 12.6. The van der Waals surface area contributed by atoms with Crippen LogP contribution >= 0.6 is 23.1 Å². The van der Waals surface area contributed by atoms with Crippen LogP contribution in [0, 0.1) is 0 Å².